The van der Waals surface area contributed by atoms with E-state index in [0.717, 1.165) is 13.1 Å². The molecule has 58 valence electrons. The molecule has 0 unspecified atom stereocenters. The Labute approximate surface area is 63.0 Å². The van der Waals surface area contributed by atoms with Crippen LogP contribution in [-0.4, -0.2) is 19.3 Å². The first-order valence-corrected chi connectivity index (χ1v) is 3.49. The Bertz CT molecular complexity index is 87.4. The van der Waals surface area contributed by atoms with Crippen molar-refractivity contribution in [2.75, 3.05) is 13.1 Å². The molecule has 10 heavy (non-hydrogen) atoms. The Morgan fingerprint density at radius 2 is 1.60 bits per heavy atom. The average Bonchev–Trinajstić information content (AvgIpc) is 1.97. The third-order valence-corrected chi connectivity index (χ3v) is 1.14. The van der Waals surface area contributed by atoms with Gasteiger partial charge in [-0.15, -0.1) is 13.2 Å². The van der Waals surface area contributed by atoms with Crippen molar-refractivity contribution in [3.63, 3.8) is 0 Å². The Morgan fingerprint density at radius 1 is 1.20 bits per heavy atom. The molecule has 0 aliphatic heterocycles. The van der Waals surface area contributed by atoms with Gasteiger partial charge in [-0.1, -0.05) is 12.2 Å². The van der Waals surface area contributed by atoms with Gasteiger partial charge in [0.2, 0.25) is 0 Å². The SMILES string of the molecule is C=CCNC(C)NCC=C. The van der Waals surface area contributed by atoms with E-state index in [1.165, 1.54) is 0 Å². The minimum atomic E-state index is 0.330. The number of rotatable bonds is 6. The summed E-state index contributed by atoms with van der Waals surface area (Å²) in [6.45, 7) is 10.9. The van der Waals surface area contributed by atoms with Gasteiger partial charge in [-0.3, -0.25) is 10.6 Å². The fraction of sp³-hybridized carbons (Fsp3) is 0.500. The predicted molar refractivity (Wildman–Crippen MR) is 45.9 cm³/mol. The summed E-state index contributed by atoms with van der Waals surface area (Å²) < 4.78 is 0. The smallest absolute Gasteiger partial charge is 0.0547 e. The molecule has 2 heteroatoms. The molecule has 0 aliphatic rings. The van der Waals surface area contributed by atoms with Crippen LogP contribution in [0.15, 0.2) is 25.3 Å². The fourth-order valence-corrected chi connectivity index (χ4v) is 0.592. The topological polar surface area (TPSA) is 24.1 Å². The fourth-order valence-electron chi connectivity index (χ4n) is 0.592. The molecular formula is C8H16N2. The number of hydrogen-bond acceptors (Lipinski definition) is 2. The van der Waals surface area contributed by atoms with E-state index in [-0.39, 0.29) is 0 Å². The second kappa shape index (κ2) is 6.52. The molecule has 0 atom stereocenters. The second-order valence-corrected chi connectivity index (χ2v) is 2.12. The van der Waals surface area contributed by atoms with Crippen molar-refractivity contribution >= 4 is 0 Å². The molecule has 2 nitrogen and oxygen atoms in total. The maximum Gasteiger partial charge on any atom is 0.0547 e. The summed E-state index contributed by atoms with van der Waals surface area (Å²) in [7, 11) is 0. The van der Waals surface area contributed by atoms with Gasteiger partial charge in [-0.25, -0.2) is 0 Å². The van der Waals surface area contributed by atoms with Gasteiger partial charge < -0.3 is 0 Å². The molecule has 0 fully saturated rings. The summed E-state index contributed by atoms with van der Waals surface area (Å²) in [5.74, 6) is 0. The van der Waals surface area contributed by atoms with Crippen molar-refractivity contribution < 1.29 is 0 Å². The first-order chi connectivity index (χ1) is 4.81. The summed E-state index contributed by atoms with van der Waals surface area (Å²) in [5.41, 5.74) is 0. The molecule has 0 aliphatic carbocycles. The summed E-state index contributed by atoms with van der Waals surface area (Å²) in [6.07, 6.45) is 4.01. The molecule has 0 rings (SSSR count). The zero-order valence-corrected chi connectivity index (χ0v) is 6.56. The van der Waals surface area contributed by atoms with Gasteiger partial charge in [0.15, 0.2) is 0 Å². The third kappa shape index (κ3) is 5.54. The van der Waals surface area contributed by atoms with Crippen molar-refractivity contribution in [2.24, 2.45) is 0 Å². The van der Waals surface area contributed by atoms with E-state index in [9.17, 15) is 0 Å². The Kier molecular flexibility index (Phi) is 6.13. The molecule has 0 radical (unpaired) electrons. The Balaban J connectivity index is 3.15. The van der Waals surface area contributed by atoms with Crippen LogP contribution in [0, 0.1) is 0 Å². The second-order valence-electron chi connectivity index (χ2n) is 2.12. The maximum absolute atomic E-state index is 3.60. The minimum absolute atomic E-state index is 0.330. The van der Waals surface area contributed by atoms with Crippen LogP contribution in [0.4, 0.5) is 0 Å². The molecule has 0 amide bonds. The van der Waals surface area contributed by atoms with E-state index < -0.39 is 0 Å². The lowest BCUT2D eigenvalue weighted by molar-refractivity contribution is 0.497. The van der Waals surface area contributed by atoms with Crippen LogP contribution < -0.4 is 10.6 Å². The van der Waals surface area contributed by atoms with Crippen LogP contribution in [-0.2, 0) is 0 Å². The van der Waals surface area contributed by atoms with Gasteiger partial charge in [-0.2, -0.15) is 0 Å². The van der Waals surface area contributed by atoms with Crippen LogP contribution in [0.1, 0.15) is 6.92 Å². The van der Waals surface area contributed by atoms with Crippen molar-refractivity contribution in [3.8, 4) is 0 Å². The van der Waals surface area contributed by atoms with Crippen LogP contribution in [0.2, 0.25) is 0 Å². The molecule has 0 saturated carbocycles. The van der Waals surface area contributed by atoms with Crippen molar-refractivity contribution in [1.82, 2.24) is 10.6 Å². The van der Waals surface area contributed by atoms with Gasteiger partial charge in [0.25, 0.3) is 0 Å². The number of nitrogens with one attached hydrogen (secondary N) is 2. The molecule has 2 N–H and O–H groups in total. The molecule has 0 spiro atoms. The van der Waals surface area contributed by atoms with Gasteiger partial charge in [0.05, 0.1) is 6.17 Å². The zero-order chi connectivity index (χ0) is 7.82. The standard InChI is InChI=1S/C8H16N2/c1-4-6-9-8(3)10-7-5-2/h4-5,8-10H,1-2,6-7H2,3H3. The highest BCUT2D eigenvalue weighted by molar-refractivity contribution is 4.75. The highest BCUT2D eigenvalue weighted by atomic mass is 15.1. The first kappa shape index (κ1) is 9.40. The molecule has 0 bridgehead atoms. The lowest BCUT2D eigenvalue weighted by Crippen LogP contribution is -2.39. The van der Waals surface area contributed by atoms with E-state index in [1.807, 2.05) is 12.2 Å². The van der Waals surface area contributed by atoms with Gasteiger partial charge in [0.1, 0.15) is 0 Å². The van der Waals surface area contributed by atoms with Crippen molar-refractivity contribution in [1.29, 1.82) is 0 Å². The molecular weight excluding hydrogens is 124 g/mol. The third-order valence-electron chi connectivity index (χ3n) is 1.14. The van der Waals surface area contributed by atoms with Crippen molar-refractivity contribution in [2.45, 2.75) is 13.1 Å². The molecule has 0 heterocycles. The summed E-state index contributed by atoms with van der Waals surface area (Å²) in [4.78, 5) is 0. The highest BCUT2D eigenvalue weighted by Crippen LogP contribution is 1.73. The zero-order valence-electron chi connectivity index (χ0n) is 6.56. The van der Waals surface area contributed by atoms with Crippen LogP contribution in [0.25, 0.3) is 0 Å². The first-order valence-electron chi connectivity index (χ1n) is 3.49. The molecule has 0 aromatic rings. The van der Waals surface area contributed by atoms with E-state index >= 15 is 0 Å². The van der Waals surface area contributed by atoms with E-state index in [4.69, 9.17) is 0 Å². The highest BCUT2D eigenvalue weighted by Gasteiger charge is 1.93. The normalized spacial score (nSPS) is 9.80. The van der Waals surface area contributed by atoms with Crippen LogP contribution in [0.5, 0.6) is 0 Å². The largest absolute Gasteiger partial charge is 0.299 e. The summed E-state index contributed by atoms with van der Waals surface area (Å²) >= 11 is 0. The average molecular weight is 140 g/mol. The van der Waals surface area contributed by atoms with Crippen LogP contribution >= 0.6 is 0 Å². The molecule has 0 saturated heterocycles. The molecule has 0 aromatic heterocycles. The van der Waals surface area contributed by atoms with E-state index in [0.29, 0.717) is 6.17 Å². The summed E-state index contributed by atoms with van der Waals surface area (Å²) in [6, 6.07) is 0. The van der Waals surface area contributed by atoms with Crippen molar-refractivity contribution in [3.05, 3.63) is 25.3 Å². The van der Waals surface area contributed by atoms with Gasteiger partial charge in [0, 0.05) is 13.1 Å². The lowest BCUT2D eigenvalue weighted by atomic mass is 10.5. The van der Waals surface area contributed by atoms with Crippen LogP contribution in [0.3, 0.4) is 0 Å². The van der Waals surface area contributed by atoms with Gasteiger partial charge in [-0.05, 0) is 6.92 Å². The maximum atomic E-state index is 3.60. The minimum Gasteiger partial charge on any atom is -0.299 e. The predicted octanol–water partition coefficient (Wildman–Crippen LogP) is 0.884. The number of hydrogen-bond donors (Lipinski definition) is 2. The molecule has 0 aromatic carbocycles. The Morgan fingerprint density at radius 3 is 1.90 bits per heavy atom. The van der Waals surface area contributed by atoms with E-state index in [1.54, 1.807) is 0 Å². The lowest BCUT2D eigenvalue weighted by Gasteiger charge is -2.12. The quantitative estimate of drug-likeness (QED) is 0.423. The van der Waals surface area contributed by atoms with Gasteiger partial charge >= 0.3 is 0 Å². The Hall–Kier alpha value is -0.600. The summed E-state index contributed by atoms with van der Waals surface area (Å²) in [5, 5.41) is 6.38. The van der Waals surface area contributed by atoms with E-state index in [2.05, 4.69) is 30.7 Å². The monoisotopic (exact) mass is 140 g/mol.